The summed E-state index contributed by atoms with van der Waals surface area (Å²) in [6.07, 6.45) is 2.94. The van der Waals surface area contributed by atoms with Gasteiger partial charge in [-0.25, -0.2) is 4.79 Å². The lowest BCUT2D eigenvalue weighted by atomic mass is 10.0. The minimum absolute atomic E-state index is 0.199. The third kappa shape index (κ3) is 2.46. The molecule has 3 heteroatoms. The number of H-pyrrole nitrogens is 1. The number of ether oxygens (including phenoxy) is 1. The van der Waals surface area contributed by atoms with Gasteiger partial charge in [0.05, 0.1) is 12.2 Å². The smallest absolute Gasteiger partial charge is 0.340 e. The molecule has 16 heavy (non-hydrogen) atoms. The molecule has 0 bridgehead atoms. The van der Waals surface area contributed by atoms with E-state index in [2.05, 4.69) is 18.8 Å². The molecule has 1 heterocycles. The van der Waals surface area contributed by atoms with Crippen molar-refractivity contribution in [2.75, 3.05) is 6.61 Å². The quantitative estimate of drug-likeness (QED) is 0.780. The standard InChI is InChI=1S/C13H21NO2/c1-5-8-11-10(6-2)12(9(4)14-11)13(15)16-7-3/h14H,5-8H2,1-4H3. The minimum atomic E-state index is -0.199. The monoisotopic (exact) mass is 223 g/mol. The van der Waals surface area contributed by atoms with Crippen LogP contribution < -0.4 is 0 Å². The number of aromatic amines is 1. The van der Waals surface area contributed by atoms with Crippen molar-refractivity contribution in [2.24, 2.45) is 0 Å². The molecule has 0 aromatic carbocycles. The van der Waals surface area contributed by atoms with Crippen LogP contribution in [0.2, 0.25) is 0 Å². The van der Waals surface area contributed by atoms with Crippen molar-refractivity contribution in [3.8, 4) is 0 Å². The summed E-state index contributed by atoms with van der Waals surface area (Å²) in [4.78, 5) is 15.1. The van der Waals surface area contributed by atoms with Crippen LogP contribution in [0.15, 0.2) is 0 Å². The van der Waals surface area contributed by atoms with Gasteiger partial charge in [-0.3, -0.25) is 0 Å². The number of rotatable bonds is 5. The fraction of sp³-hybridized carbons (Fsp3) is 0.615. The van der Waals surface area contributed by atoms with Gasteiger partial charge in [0.25, 0.3) is 0 Å². The average molecular weight is 223 g/mol. The molecule has 0 spiro atoms. The third-order valence-corrected chi connectivity index (χ3v) is 2.71. The van der Waals surface area contributed by atoms with Crippen LogP contribution in [0.3, 0.4) is 0 Å². The summed E-state index contributed by atoms with van der Waals surface area (Å²) in [5.41, 5.74) is 3.98. The van der Waals surface area contributed by atoms with E-state index in [0.29, 0.717) is 6.61 Å². The van der Waals surface area contributed by atoms with Crippen LogP contribution >= 0.6 is 0 Å². The molecule has 1 N–H and O–H groups in total. The van der Waals surface area contributed by atoms with Crippen LogP contribution in [0, 0.1) is 6.92 Å². The van der Waals surface area contributed by atoms with E-state index in [1.54, 1.807) is 0 Å². The van der Waals surface area contributed by atoms with Crippen LogP contribution in [0.1, 0.15) is 54.5 Å². The maximum atomic E-state index is 11.8. The van der Waals surface area contributed by atoms with Crippen molar-refractivity contribution in [3.63, 3.8) is 0 Å². The SMILES string of the molecule is CCCc1[nH]c(C)c(C(=O)OCC)c1CC. The molecule has 0 aliphatic rings. The van der Waals surface area contributed by atoms with Crippen molar-refractivity contribution in [1.29, 1.82) is 0 Å². The van der Waals surface area contributed by atoms with E-state index < -0.39 is 0 Å². The Hall–Kier alpha value is -1.25. The van der Waals surface area contributed by atoms with Crippen LogP contribution in [0.5, 0.6) is 0 Å². The van der Waals surface area contributed by atoms with Crippen LogP contribution in [0.4, 0.5) is 0 Å². The number of aryl methyl sites for hydroxylation is 2. The lowest BCUT2D eigenvalue weighted by molar-refractivity contribution is 0.0524. The molecule has 0 unspecified atom stereocenters. The second-order valence-electron chi connectivity index (χ2n) is 3.91. The highest BCUT2D eigenvalue weighted by Crippen LogP contribution is 2.21. The molecule has 0 amide bonds. The fourth-order valence-electron chi connectivity index (χ4n) is 2.07. The van der Waals surface area contributed by atoms with E-state index >= 15 is 0 Å². The van der Waals surface area contributed by atoms with E-state index in [-0.39, 0.29) is 5.97 Å². The molecule has 0 aliphatic carbocycles. The molecule has 0 radical (unpaired) electrons. The molecular formula is C13H21NO2. The number of hydrogen-bond acceptors (Lipinski definition) is 2. The van der Waals surface area contributed by atoms with E-state index in [9.17, 15) is 4.79 Å². The van der Waals surface area contributed by atoms with Crippen LogP contribution in [-0.4, -0.2) is 17.6 Å². The lowest BCUT2D eigenvalue weighted by Crippen LogP contribution is -2.08. The van der Waals surface area contributed by atoms with Crippen molar-refractivity contribution in [3.05, 3.63) is 22.5 Å². The third-order valence-electron chi connectivity index (χ3n) is 2.71. The van der Waals surface area contributed by atoms with Gasteiger partial charge in [-0.2, -0.15) is 0 Å². The van der Waals surface area contributed by atoms with Crippen molar-refractivity contribution >= 4 is 5.97 Å². The molecular weight excluding hydrogens is 202 g/mol. The molecule has 0 fully saturated rings. The molecule has 1 aromatic heterocycles. The lowest BCUT2D eigenvalue weighted by Gasteiger charge is -2.04. The summed E-state index contributed by atoms with van der Waals surface area (Å²) >= 11 is 0. The van der Waals surface area contributed by atoms with Gasteiger partial charge in [-0.1, -0.05) is 20.3 Å². The van der Waals surface area contributed by atoms with Gasteiger partial charge >= 0.3 is 5.97 Å². The second-order valence-corrected chi connectivity index (χ2v) is 3.91. The average Bonchev–Trinajstić information content (AvgIpc) is 2.55. The molecule has 90 valence electrons. The van der Waals surface area contributed by atoms with Crippen LogP contribution in [-0.2, 0) is 17.6 Å². The molecule has 0 saturated carbocycles. The summed E-state index contributed by atoms with van der Waals surface area (Å²) in [6.45, 7) is 8.41. The number of hydrogen-bond donors (Lipinski definition) is 1. The van der Waals surface area contributed by atoms with Gasteiger partial charge in [-0.05, 0) is 32.3 Å². The summed E-state index contributed by atoms with van der Waals surface area (Å²) in [5.74, 6) is -0.199. The first-order chi connectivity index (χ1) is 7.65. The molecule has 1 rings (SSSR count). The van der Waals surface area contributed by atoms with E-state index in [1.807, 2.05) is 13.8 Å². The highest BCUT2D eigenvalue weighted by atomic mass is 16.5. The number of esters is 1. The van der Waals surface area contributed by atoms with Crippen molar-refractivity contribution in [2.45, 2.75) is 47.0 Å². The van der Waals surface area contributed by atoms with Gasteiger partial charge in [0.1, 0.15) is 0 Å². The Morgan fingerprint density at radius 3 is 2.50 bits per heavy atom. The van der Waals surface area contributed by atoms with Crippen molar-refractivity contribution < 1.29 is 9.53 Å². The maximum absolute atomic E-state index is 11.8. The zero-order chi connectivity index (χ0) is 12.1. The Labute approximate surface area is 97.2 Å². The zero-order valence-electron chi connectivity index (χ0n) is 10.6. The molecule has 0 aliphatic heterocycles. The first-order valence-corrected chi connectivity index (χ1v) is 6.03. The number of aromatic nitrogens is 1. The normalized spacial score (nSPS) is 10.5. The van der Waals surface area contributed by atoms with Gasteiger partial charge in [0.2, 0.25) is 0 Å². The van der Waals surface area contributed by atoms with Gasteiger partial charge in [0.15, 0.2) is 0 Å². The predicted molar refractivity (Wildman–Crippen MR) is 64.9 cm³/mol. The largest absolute Gasteiger partial charge is 0.462 e. The minimum Gasteiger partial charge on any atom is -0.462 e. The Morgan fingerprint density at radius 1 is 1.31 bits per heavy atom. The maximum Gasteiger partial charge on any atom is 0.340 e. The Morgan fingerprint density at radius 2 is 2.00 bits per heavy atom. The van der Waals surface area contributed by atoms with Gasteiger partial charge in [0, 0.05) is 11.4 Å². The number of carbonyl (C=O) groups excluding carboxylic acids is 1. The summed E-state index contributed by atoms with van der Waals surface area (Å²) < 4.78 is 5.08. The van der Waals surface area contributed by atoms with E-state index in [1.165, 1.54) is 5.69 Å². The Balaban J connectivity index is 3.11. The summed E-state index contributed by atoms with van der Waals surface area (Å²) in [5, 5.41) is 0. The number of carbonyl (C=O) groups is 1. The number of nitrogens with one attached hydrogen (secondary N) is 1. The van der Waals surface area contributed by atoms with Gasteiger partial charge < -0.3 is 9.72 Å². The van der Waals surface area contributed by atoms with Crippen LogP contribution in [0.25, 0.3) is 0 Å². The molecule has 0 saturated heterocycles. The zero-order valence-corrected chi connectivity index (χ0v) is 10.6. The Kier molecular flexibility index (Phi) is 4.59. The first-order valence-electron chi connectivity index (χ1n) is 6.03. The van der Waals surface area contributed by atoms with E-state index in [4.69, 9.17) is 4.74 Å². The molecule has 1 aromatic rings. The Bertz CT molecular complexity index is 366. The van der Waals surface area contributed by atoms with Crippen molar-refractivity contribution in [1.82, 2.24) is 4.98 Å². The summed E-state index contributed by atoms with van der Waals surface area (Å²) in [7, 11) is 0. The van der Waals surface area contributed by atoms with Gasteiger partial charge in [-0.15, -0.1) is 0 Å². The first kappa shape index (κ1) is 12.8. The predicted octanol–water partition coefficient (Wildman–Crippen LogP) is 3.01. The fourth-order valence-corrected chi connectivity index (χ4v) is 2.07. The second kappa shape index (κ2) is 5.73. The van der Waals surface area contributed by atoms with E-state index in [0.717, 1.165) is 36.1 Å². The molecule has 3 nitrogen and oxygen atoms in total. The highest BCUT2D eigenvalue weighted by Gasteiger charge is 2.20. The molecule has 0 atom stereocenters. The topological polar surface area (TPSA) is 42.1 Å². The highest BCUT2D eigenvalue weighted by molar-refractivity contribution is 5.93. The summed E-state index contributed by atoms with van der Waals surface area (Å²) in [6, 6.07) is 0.